The second-order valence-electron chi connectivity index (χ2n) is 7.40. The summed E-state index contributed by atoms with van der Waals surface area (Å²) in [5, 5.41) is 11.7. The summed E-state index contributed by atoms with van der Waals surface area (Å²) < 4.78 is 5.80. The fourth-order valence-electron chi connectivity index (χ4n) is 3.34. The molecule has 10 heteroatoms. The normalized spacial score (nSPS) is 15.0. The van der Waals surface area contributed by atoms with Gasteiger partial charge in [-0.05, 0) is 67.1 Å². The molecule has 0 unspecified atom stereocenters. The molecule has 2 heterocycles. The number of rotatable bonds is 5. The van der Waals surface area contributed by atoms with E-state index in [1.165, 1.54) is 12.1 Å². The minimum absolute atomic E-state index is 0.00456. The van der Waals surface area contributed by atoms with E-state index in [0.717, 1.165) is 22.2 Å². The summed E-state index contributed by atoms with van der Waals surface area (Å²) in [6.45, 7) is 3.50. The van der Waals surface area contributed by atoms with Gasteiger partial charge in [0.25, 0.3) is 16.8 Å². The Hall–Kier alpha value is -3.07. The molecule has 0 bridgehead atoms. The average Bonchev–Trinajstić information content (AvgIpc) is 3.31. The lowest BCUT2D eigenvalue weighted by Crippen LogP contribution is -2.27. The molecule has 2 amide bonds. The zero-order valence-corrected chi connectivity index (χ0v) is 19.8. The van der Waals surface area contributed by atoms with Crippen molar-refractivity contribution in [2.24, 2.45) is 0 Å². The zero-order chi connectivity index (χ0) is 23.9. The number of hydrogen-bond donors (Lipinski definition) is 0. The third kappa shape index (κ3) is 4.68. The third-order valence-corrected chi connectivity index (χ3v) is 6.73. The van der Waals surface area contributed by atoms with Crippen LogP contribution in [-0.4, -0.2) is 21.0 Å². The summed E-state index contributed by atoms with van der Waals surface area (Å²) in [4.78, 5) is 37.4. The van der Waals surface area contributed by atoms with Crippen LogP contribution < -0.4 is 0 Å². The molecule has 0 radical (unpaired) electrons. The molecule has 4 rings (SSSR count). The van der Waals surface area contributed by atoms with Crippen LogP contribution in [0, 0.1) is 24.0 Å². The van der Waals surface area contributed by atoms with Crippen LogP contribution in [0.15, 0.2) is 51.8 Å². The lowest BCUT2D eigenvalue weighted by atomic mass is 10.0. The summed E-state index contributed by atoms with van der Waals surface area (Å²) in [6, 6.07) is 11.4. The Morgan fingerprint density at radius 1 is 1.12 bits per heavy atom. The summed E-state index contributed by atoms with van der Waals surface area (Å²) >= 11 is 12.9. The van der Waals surface area contributed by atoms with E-state index in [9.17, 15) is 19.7 Å². The molecule has 0 spiro atoms. The van der Waals surface area contributed by atoms with E-state index in [0.29, 0.717) is 38.3 Å². The van der Waals surface area contributed by atoms with Gasteiger partial charge in [0.15, 0.2) is 0 Å². The second kappa shape index (κ2) is 9.05. The Kier molecular flexibility index (Phi) is 6.34. The molecule has 7 nitrogen and oxygen atoms in total. The quantitative estimate of drug-likeness (QED) is 0.211. The molecule has 1 aliphatic rings. The van der Waals surface area contributed by atoms with Crippen molar-refractivity contribution in [1.29, 1.82) is 0 Å². The summed E-state index contributed by atoms with van der Waals surface area (Å²) in [5.41, 5.74) is 2.50. The predicted octanol–water partition coefficient (Wildman–Crippen LogP) is 7.01. The van der Waals surface area contributed by atoms with Gasteiger partial charge < -0.3 is 4.42 Å². The molecule has 1 saturated heterocycles. The molecule has 1 aromatic heterocycles. The number of benzene rings is 2. The van der Waals surface area contributed by atoms with E-state index < -0.39 is 16.1 Å². The van der Waals surface area contributed by atoms with Gasteiger partial charge >= 0.3 is 0 Å². The maximum atomic E-state index is 12.8. The van der Waals surface area contributed by atoms with Crippen LogP contribution >= 0.6 is 35.0 Å². The Morgan fingerprint density at radius 3 is 2.58 bits per heavy atom. The summed E-state index contributed by atoms with van der Waals surface area (Å²) in [5.74, 6) is 0.302. The lowest BCUT2D eigenvalue weighted by molar-refractivity contribution is -0.385. The van der Waals surface area contributed by atoms with E-state index in [2.05, 4.69) is 0 Å². The van der Waals surface area contributed by atoms with Gasteiger partial charge in [-0.1, -0.05) is 29.3 Å². The summed E-state index contributed by atoms with van der Waals surface area (Å²) in [7, 11) is 0. The van der Waals surface area contributed by atoms with Gasteiger partial charge in [0.05, 0.1) is 16.4 Å². The Morgan fingerprint density at radius 2 is 1.88 bits per heavy atom. The van der Waals surface area contributed by atoms with E-state index in [4.69, 9.17) is 27.6 Å². The lowest BCUT2D eigenvalue weighted by Gasteiger charge is -2.13. The number of nitrogens with zero attached hydrogens (tertiary/aromatic N) is 2. The molecule has 168 valence electrons. The smallest absolute Gasteiger partial charge is 0.293 e. The average molecular weight is 503 g/mol. The van der Waals surface area contributed by atoms with Crippen LogP contribution in [0.25, 0.3) is 17.4 Å². The van der Waals surface area contributed by atoms with Crippen LogP contribution in [0.4, 0.5) is 10.5 Å². The van der Waals surface area contributed by atoms with Crippen molar-refractivity contribution >= 4 is 57.9 Å². The van der Waals surface area contributed by atoms with Crippen molar-refractivity contribution in [3.8, 4) is 11.3 Å². The molecule has 0 aliphatic carbocycles. The van der Waals surface area contributed by atoms with Crippen LogP contribution in [0.1, 0.15) is 22.5 Å². The van der Waals surface area contributed by atoms with Crippen LogP contribution in [0.2, 0.25) is 10.0 Å². The molecule has 1 aliphatic heterocycles. The number of nitro benzene ring substituents is 1. The number of halogens is 2. The molecule has 3 aromatic rings. The van der Waals surface area contributed by atoms with E-state index in [1.54, 1.807) is 50.2 Å². The molecule has 0 atom stereocenters. The number of hydrogen-bond acceptors (Lipinski definition) is 6. The first-order valence-corrected chi connectivity index (χ1v) is 11.3. The third-order valence-electron chi connectivity index (χ3n) is 5.24. The van der Waals surface area contributed by atoms with Crippen molar-refractivity contribution in [1.82, 2.24) is 4.90 Å². The highest BCUT2D eigenvalue weighted by atomic mass is 35.5. The molecule has 2 aromatic carbocycles. The van der Waals surface area contributed by atoms with E-state index in [1.807, 2.05) is 0 Å². The number of aryl methyl sites for hydroxylation is 1. The highest BCUT2D eigenvalue weighted by molar-refractivity contribution is 8.18. The summed E-state index contributed by atoms with van der Waals surface area (Å²) in [6.07, 6.45) is 1.48. The molecule has 33 heavy (non-hydrogen) atoms. The SMILES string of the molecule is Cc1cc(-c2ccc(/C=C3\SC(=O)N(Cc4ccc(Cl)cc4Cl)C3=O)o2)cc([N+](=O)[O-])c1C. The van der Waals surface area contributed by atoms with Gasteiger partial charge in [-0.25, -0.2) is 0 Å². The standard InChI is InChI=1S/C23H16Cl2N2O5S/c1-12-7-15(8-19(13(12)2)27(30)31)20-6-5-17(32-20)10-21-22(28)26(23(29)33-21)11-14-3-4-16(24)9-18(14)25/h3-10H,11H2,1-2H3/b21-10-. The van der Waals surface area contributed by atoms with Crippen molar-refractivity contribution in [2.75, 3.05) is 0 Å². The number of carbonyl (C=O) groups excluding carboxylic acids is 2. The number of imide groups is 1. The van der Waals surface area contributed by atoms with Crippen molar-refractivity contribution in [3.05, 3.63) is 90.0 Å². The minimum atomic E-state index is -0.462. The zero-order valence-electron chi connectivity index (χ0n) is 17.4. The second-order valence-corrected chi connectivity index (χ2v) is 9.24. The maximum Gasteiger partial charge on any atom is 0.293 e. The number of furan rings is 1. The maximum absolute atomic E-state index is 12.8. The molecular formula is C23H16Cl2N2O5S. The topological polar surface area (TPSA) is 93.7 Å². The van der Waals surface area contributed by atoms with Gasteiger partial charge in [0.1, 0.15) is 11.5 Å². The molecule has 0 saturated carbocycles. The monoisotopic (exact) mass is 502 g/mol. The number of carbonyl (C=O) groups is 2. The number of nitro groups is 1. The van der Waals surface area contributed by atoms with Crippen LogP contribution in [-0.2, 0) is 11.3 Å². The van der Waals surface area contributed by atoms with E-state index >= 15 is 0 Å². The molecule has 1 fully saturated rings. The first-order valence-electron chi connectivity index (χ1n) is 9.69. The highest BCUT2D eigenvalue weighted by Crippen LogP contribution is 2.36. The van der Waals surface area contributed by atoms with Crippen molar-refractivity contribution < 1.29 is 18.9 Å². The Balaban J connectivity index is 1.58. The Bertz CT molecular complexity index is 1350. The first kappa shape index (κ1) is 23.1. The van der Waals surface area contributed by atoms with Crippen molar-refractivity contribution in [2.45, 2.75) is 20.4 Å². The fourth-order valence-corrected chi connectivity index (χ4v) is 4.63. The van der Waals surface area contributed by atoms with Gasteiger partial charge in [-0.15, -0.1) is 0 Å². The minimum Gasteiger partial charge on any atom is -0.457 e. The van der Waals surface area contributed by atoms with Gasteiger partial charge in [0.2, 0.25) is 0 Å². The Labute approximate surface area is 203 Å². The molecule has 0 N–H and O–H groups in total. The van der Waals surface area contributed by atoms with Crippen LogP contribution in [0.5, 0.6) is 0 Å². The van der Waals surface area contributed by atoms with Crippen LogP contribution in [0.3, 0.4) is 0 Å². The first-order chi connectivity index (χ1) is 15.6. The fraction of sp³-hybridized carbons (Fsp3) is 0.130. The largest absolute Gasteiger partial charge is 0.457 e. The number of amides is 2. The van der Waals surface area contributed by atoms with Gasteiger partial charge in [-0.2, -0.15) is 0 Å². The highest BCUT2D eigenvalue weighted by Gasteiger charge is 2.35. The van der Waals surface area contributed by atoms with E-state index in [-0.39, 0.29) is 17.1 Å². The molecular weight excluding hydrogens is 487 g/mol. The van der Waals surface area contributed by atoms with Gasteiger partial charge in [-0.3, -0.25) is 24.6 Å². The predicted molar refractivity (Wildman–Crippen MR) is 128 cm³/mol. The number of thioether (sulfide) groups is 1. The van der Waals surface area contributed by atoms with Gasteiger partial charge in [0, 0.05) is 33.3 Å². The van der Waals surface area contributed by atoms with Crippen molar-refractivity contribution in [3.63, 3.8) is 0 Å².